The molecule has 0 radical (unpaired) electrons. The summed E-state index contributed by atoms with van der Waals surface area (Å²) in [5, 5.41) is 8.18. The molecule has 0 bridgehead atoms. The number of carboxylic acids is 1. The molecule has 0 aliphatic carbocycles. The molecule has 1 amide bonds. The van der Waals surface area contributed by atoms with Crippen molar-refractivity contribution in [3.63, 3.8) is 0 Å². The summed E-state index contributed by atoms with van der Waals surface area (Å²) in [6.07, 6.45) is 1.17. The summed E-state index contributed by atoms with van der Waals surface area (Å²) in [6, 6.07) is 0. The van der Waals surface area contributed by atoms with Crippen LogP contribution in [0.1, 0.15) is 13.3 Å². The normalized spacial score (nSPS) is 11.1. The van der Waals surface area contributed by atoms with Gasteiger partial charge in [0.1, 0.15) is 0 Å². The number of hydrogen-bond acceptors (Lipinski definition) is 2. The first kappa shape index (κ1) is 8.68. The number of hydrogen-bond donors (Lipinski definition) is 2. The molecule has 0 saturated heterocycles. The Kier molecular flexibility index (Phi) is 3.17. The zero-order valence-corrected chi connectivity index (χ0v) is 5.63. The Bertz CT molecular complexity index is 183. The van der Waals surface area contributed by atoms with E-state index in [2.05, 4.69) is 0 Å². The summed E-state index contributed by atoms with van der Waals surface area (Å²) in [6.45, 7) is 1.67. The van der Waals surface area contributed by atoms with E-state index in [1.165, 1.54) is 0 Å². The monoisotopic (exact) mass is 143 g/mol. The summed E-state index contributed by atoms with van der Waals surface area (Å²) in [5.74, 6) is -1.82. The van der Waals surface area contributed by atoms with E-state index in [-0.39, 0.29) is 5.57 Å². The minimum absolute atomic E-state index is 0.132. The van der Waals surface area contributed by atoms with Gasteiger partial charge in [0, 0.05) is 11.6 Å². The highest BCUT2D eigenvalue weighted by Crippen LogP contribution is 1.97. The van der Waals surface area contributed by atoms with Crippen molar-refractivity contribution in [1.82, 2.24) is 0 Å². The van der Waals surface area contributed by atoms with E-state index in [0.717, 1.165) is 6.08 Å². The van der Waals surface area contributed by atoms with Crippen LogP contribution in [-0.2, 0) is 9.59 Å². The van der Waals surface area contributed by atoms with Crippen LogP contribution in [0.2, 0.25) is 0 Å². The number of rotatable bonds is 3. The van der Waals surface area contributed by atoms with E-state index in [1.54, 1.807) is 6.92 Å². The average molecular weight is 143 g/mol. The van der Waals surface area contributed by atoms with Gasteiger partial charge in [-0.25, -0.2) is 4.79 Å². The van der Waals surface area contributed by atoms with Gasteiger partial charge in [0.25, 0.3) is 0 Å². The Morgan fingerprint density at radius 3 is 2.20 bits per heavy atom. The first-order chi connectivity index (χ1) is 4.57. The van der Waals surface area contributed by atoms with E-state index in [1.807, 2.05) is 0 Å². The Hall–Kier alpha value is -1.32. The van der Waals surface area contributed by atoms with Crippen molar-refractivity contribution < 1.29 is 14.7 Å². The van der Waals surface area contributed by atoms with Crippen LogP contribution in [0, 0.1) is 0 Å². The largest absolute Gasteiger partial charge is 0.478 e. The van der Waals surface area contributed by atoms with Crippen molar-refractivity contribution >= 4 is 11.9 Å². The van der Waals surface area contributed by atoms with Crippen LogP contribution in [0.15, 0.2) is 11.6 Å². The van der Waals surface area contributed by atoms with Crippen LogP contribution < -0.4 is 5.73 Å². The first-order valence-corrected chi connectivity index (χ1v) is 2.81. The van der Waals surface area contributed by atoms with Crippen LogP contribution in [0.3, 0.4) is 0 Å². The summed E-state index contributed by atoms with van der Waals surface area (Å²) in [5.41, 5.74) is 4.96. The summed E-state index contributed by atoms with van der Waals surface area (Å²) in [4.78, 5) is 20.3. The quantitative estimate of drug-likeness (QED) is 0.541. The van der Waals surface area contributed by atoms with Crippen LogP contribution in [0.5, 0.6) is 0 Å². The zero-order chi connectivity index (χ0) is 8.15. The lowest BCUT2D eigenvalue weighted by atomic mass is 10.2. The maximum absolute atomic E-state index is 10.4. The molecule has 0 saturated carbocycles. The fraction of sp³-hybridized carbons (Fsp3) is 0.333. The number of primary amides is 1. The molecule has 10 heavy (non-hydrogen) atoms. The predicted octanol–water partition coefficient (Wildman–Crippen LogP) is -0.107. The molecule has 4 nitrogen and oxygen atoms in total. The van der Waals surface area contributed by atoms with Crippen LogP contribution in [0.4, 0.5) is 0 Å². The Balaban J connectivity index is 4.34. The van der Waals surface area contributed by atoms with Crippen molar-refractivity contribution in [3.05, 3.63) is 11.6 Å². The molecule has 0 aliphatic heterocycles. The summed E-state index contributed by atoms with van der Waals surface area (Å²) in [7, 11) is 0. The fourth-order valence-electron chi connectivity index (χ4n) is 0.496. The maximum Gasteiger partial charge on any atom is 0.328 e. The number of amides is 1. The van der Waals surface area contributed by atoms with Crippen molar-refractivity contribution in [3.8, 4) is 0 Å². The Morgan fingerprint density at radius 2 is 2.10 bits per heavy atom. The molecule has 0 spiro atoms. The van der Waals surface area contributed by atoms with Gasteiger partial charge in [-0.1, -0.05) is 6.92 Å². The molecule has 0 aromatic rings. The van der Waals surface area contributed by atoms with Gasteiger partial charge in [-0.15, -0.1) is 0 Å². The smallest absolute Gasteiger partial charge is 0.328 e. The van der Waals surface area contributed by atoms with E-state index < -0.39 is 11.9 Å². The van der Waals surface area contributed by atoms with Gasteiger partial charge in [0.2, 0.25) is 5.91 Å². The van der Waals surface area contributed by atoms with Crippen molar-refractivity contribution in [1.29, 1.82) is 0 Å². The molecule has 0 heterocycles. The second kappa shape index (κ2) is 3.66. The van der Waals surface area contributed by atoms with E-state index in [0.29, 0.717) is 6.42 Å². The number of carboxylic acid groups (broad SMARTS) is 1. The molecule has 4 heteroatoms. The third kappa shape index (κ3) is 2.86. The molecule has 3 N–H and O–H groups in total. The second-order valence-electron chi connectivity index (χ2n) is 1.73. The highest BCUT2D eigenvalue weighted by molar-refractivity contribution is 5.97. The molecule has 56 valence electrons. The van der Waals surface area contributed by atoms with Gasteiger partial charge >= 0.3 is 5.97 Å². The third-order valence-electron chi connectivity index (χ3n) is 0.995. The minimum Gasteiger partial charge on any atom is -0.478 e. The highest BCUT2D eigenvalue weighted by atomic mass is 16.4. The summed E-state index contributed by atoms with van der Waals surface area (Å²) < 4.78 is 0. The number of carbonyl (C=O) groups excluding carboxylic acids is 1. The van der Waals surface area contributed by atoms with E-state index >= 15 is 0 Å². The third-order valence-corrected chi connectivity index (χ3v) is 0.995. The van der Waals surface area contributed by atoms with Crippen LogP contribution in [-0.4, -0.2) is 17.0 Å². The Morgan fingerprint density at radius 1 is 1.60 bits per heavy atom. The van der Waals surface area contributed by atoms with Crippen LogP contribution in [0.25, 0.3) is 0 Å². The van der Waals surface area contributed by atoms with Gasteiger partial charge < -0.3 is 10.8 Å². The SMILES string of the molecule is CC/C(=C\C(=O)O)C(N)=O. The van der Waals surface area contributed by atoms with Gasteiger partial charge in [0.15, 0.2) is 0 Å². The predicted molar refractivity (Wildman–Crippen MR) is 35.2 cm³/mol. The van der Waals surface area contributed by atoms with Gasteiger partial charge in [-0.3, -0.25) is 4.79 Å². The van der Waals surface area contributed by atoms with Crippen molar-refractivity contribution in [2.75, 3.05) is 0 Å². The molecule has 0 aromatic heterocycles. The number of aliphatic carboxylic acids is 1. The fourth-order valence-corrected chi connectivity index (χ4v) is 0.496. The average Bonchev–Trinajstić information content (AvgIpc) is 1.81. The number of carbonyl (C=O) groups is 2. The minimum atomic E-state index is -1.14. The lowest BCUT2D eigenvalue weighted by Gasteiger charge is -1.93. The molecule has 0 rings (SSSR count). The molecule has 0 unspecified atom stereocenters. The van der Waals surface area contributed by atoms with E-state index in [4.69, 9.17) is 10.8 Å². The first-order valence-electron chi connectivity index (χ1n) is 2.81. The summed E-state index contributed by atoms with van der Waals surface area (Å²) >= 11 is 0. The zero-order valence-electron chi connectivity index (χ0n) is 5.63. The van der Waals surface area contributed by atoms with Crippen molar-refractivity contribution in [2.45, 2.75) is 13.3 Å². The molecule has 0 atom stereocenters. The molecular weight excluding hydrogens is 134 g/mol. The van der Waals surface area contributed by atoms with Gasteiger partial charge in [-0.05, 0) is 6.42 Å². The van der Waals surface area contributed by atoms with Gasteiger partial charge in [-0.2, -0.15) is 0 Å². The highest BCUT2D eigenvalue weighted by Gasteiger charge is 2.02. The topological polar surface area (TPSA) is 80.4 Å². The van der Waals surface area contributed by atoms with Crippen molar-refractivity contribution in [2.24, 2.45) is 5.73 Å². The molecular formula is C6H9NO3. The standard InChI is InChI=1S/C6H9NO3/c1-2-4(6(7)10)3-5(8)9/h3H,2H2,1H3,(H2,7,10)(H,8,9)/b4-3+. The maximum atomic E-state index is 10.4. The lowest BCUT2D eigenvalue weighted by Crippen LogP contribution is -2.14. The van der Waals surface area contributed by atoms with E-state index in [9.17, 15) is 9.59 Å². The molecule has 0 aliphatic rings. The molecule has 0 aromatic carbocycles. The van der Waals surface area contributed by atoms with Gasteiger partial charge in [0.05, 0.1) is 0 Å². The second-order valence-corrected chi connectivity index (χ2v) is 1.73. The van der Waals surface area contributed by atoms with Crippen LogP contribution >= 0.6 is 0 Å². The Labute approximate surface area is 58.3 Å². The number of nitrogens with two attached hydrogens (primary N) is 1. The molecule has 0 fully saturated rings. The lowest BCUT2D eigenvalue weighted by molar-refractivity contribution is -0.131.